The number of likely N-dealkylation sites (N-methyl/N-ethyl adjacent to an activating group) is 1. The van der Waals surface area contributed by atoms with E-state index >= 15 is 0 Å². The standard InChI is InChI=1S/C24H48N6O3Si2/c1-23(2,3)34(9,10)32-18-16(13-29(7)8)31-22(19(18)33-35(11,12)24(4,5)6)30-15-28-17-20(25)26-14-27-21(17)30/h14-19,21-22H,13H2,1-12H3,(H2,25,26,27)/t16-,17?,18-,19-,21?,22-/m1/s1. The highest BCUT2D eigenvalue weighted by atomic mass is 28.4. The first-order valence-electron chi connectivity index (χ1n) is 12.7. The first-order valence-corrected chi connectivity index (χ1v) is 18.5. The van der Waals surface area contributed by atoms with Crippen molar-refractivity contribution < 1.29 is 13.6 Å². The Kier molecular flexibility index (Phi) is 7.84. The van der Waals surface area contributed by atoms with Gasteiger partial charge in [0, 0.05) is 6.54 Å². The molecule has 1 saturated heterocycles. The van der Waals surface area contributed by atoms with Crippen LogP contribution in [0.2, 0.25) is 36.3 Å². The molecule has 0 radical (unpaired) electrons. The minimum Gasteiger partial charge on any atom is -0.408 e. The number of hydrogen-bond donors (Lipinski definition) is 1. The number of rotatable bonds is 7. The van der Waals surface area contributed by atoms with Crippen molar-refractivity contribution in [1.82, 2.24) is 9.80 Å². The molecular weight excluding hydrogens is 476 g/mol. The van der Waals surface area contributed by atoms with Gasteiger partial charge in [-0.15, -0.1) is 0 Å². The zero-order valence-corrected chi connectivity index (χ0v) is 25.9. The number of aliphatic imine (C=N–C) groups is 3. The van der Waals surface area contributed by atoms with Gasteiger partial charge in [0.1, 0.15) is 36.5 Å². The third-order valence-corrected chi connectivity index (χ3v) is 17.2. The third kappa shape index (κ3) is 5.75. The molecule has 2 unspecified atom stereocenters. The van der Waals surface area contributed by atoms with Crippen molar-refractivity contribution in [2.75, 3.05) is 20.6 Å². The molecule has 0 saturated carbocycles. The third-order valence-electron chi connectivity index (χ3n) is 8.28. The summed E-state index contributed by atoms with van der Waals surface area (Å²) in [5.74, 6) is 0.475. The summed E-state index contributed by atoms with van der Waals surface area (Å²) in [7, 11) is -0.155. The summed E-state index contributed by atoms with van der Waals surface area (Å²) < 4.78 is 21.1. The van der Waals surface area contributed by atoms with E-state index in [-0.39, 0.29) is 46.8 Å². The maximum atomic E-state index is 7.15. The van der Waals surface area contributed by atoms with E-state index in [1.54, 1.807) is 0 Å². The summed E-state index contributed by atoms with van der Waals surface area (Å²) in [6.45, 7) is 23.5. The second-order valence-corrected chi connectivity index (χ2v) is 22.9. The molecule has 0 aliphatic carbocycles. The van der Waals surface area contributed by atoms with Crippen molar-refractivity contribution in [2.45, 2.75) is 115 Å². The van der Waals surface area contributed by atoms with Crippen molar-refractivity contribution in [3.8, 4) is 0 Å². The molecule has 3 heterocycles. The van der Waals surface area contributed by atoms with Crippen LogP contribution in [0.3, 0.4) is 0 Å². The lowest BCUT2D eigenvalue weighted by Gasteiger charge is -2.45. The maximum Gasteiger partial charge on any atom is 0.192 e. The molecule has 0 aromatic rings. The molecule has 200 valence electrons. The van der Waals surface area contributed by atoms with Gasteiger partial charge in [-0.3, -0.25) is 4.99 Å². The van der Waals surface area contributed by atoms with Crippen LogP contribution in [0.4, 0.5) is 0 Å². The van der Waals surface area contributed by atoms with Crippen molar-refractivity contribution in [1.29, 1.82) is 0 Å². The van der Waals surface area contributed by atoms with Crippen LogP contribution in [0.1, 0.15) is 41.5 Å². The van der Waals surface area contributed by atoms with Gasteiger partial charge in [0.2, 0.25) is 0 Å². The van der Waals surface area contributed by atoms with Crippen LogP contribution in [0, 0.1) is 0 Å². The number of fused-ring (bicyclic) bond motifs is 1. The van der Waals surface area contributed by atoms with Gasteiger partial charge in [0.15, 0.2) is 29.0 Å². The van der Waals surface area contributed by atoms with Crippen LogP contribution in [0.15, 0.2) is 15.0 Å². The van der Waals surface area contributed by atoms with Crippen LogP contribution in [-0.2, 0) is 13.6 Å². The summed E-state index contributed by atoms with van der Waals surface area (Å²) in [6.07, 6.45) is 2.04. The van der Waals surface area contributed by atoms with Gasteiger partial charge >= 0.3 is 0 Å². The quantitative estimate of drug-likeness (QED) is 0.512. The molecule has 0 aromatic carbocycles. The van der Waals surface area contributed by atoms with E-state index in [1.807, 2.05) is 6.34 Å². The van der Waals surface area contributed by atoms with Crippen molar-refractivity contribution in [3.63, 3.8) is 0 Å². The van der Waals surface area contributed by atoms with E-state index in [2.05, 4.69) is 107 Å². The lowest BCUT2D eigenvalue weighted by molar-refractivity contribution is -0.0682. The Morgan fingerprint density at radius 1 is 0.971 bits per heavy atom. The predicted octanol–water partition coefficient (Wildman–Crippen LogP) is 3.49. The number of amidine groups is 1. The first-order chi connectivity index (χ1) is 15.9. The summed E-state index contributed by atoms with van der Waals surface area (Å²) in [6, 6.07) is -0.301. The summed E-state index contributed by atoms with van der Waals surface area (Å²) in [4.78, 5) is 17.6. The van der Waals surface area contributed by atoms with Crippen LogP contribution < -0.4 is 5.73 Å². The lowest BCUT2D eigenvalue weighted by atomic mass is 10.1. The molecule has 11 heteroatoms. The molecule has 3 aliphatic heterocycles. The smallest absolute Gasteiger partial charge is 0.192 e. The second kappa shape index (κ2) is 9.64. The molecule has 9 nitrogen and oxygen atoms in total. The van der Waals surface area contributed by atoms with Crippen LogP contribution in [0.25, 0.3) is 0 Å². The molecule has 0 bridgehead atoms. The fraction of sp³-hybridized carbons (Fsp3) is 0.875. The first kappa shape index (κ1) is 28.5. The Bertz CT molecular complexity index is 862. The Morgan fingerprint density at radius 3 is 2.03 bits per heavy atom. The van der Waals surface area contributed by atoms with Gasteiger partial charge in [-0.25, -0.2) is 9.98 Å². The molecule has 3 aliphatic rings. The summed E-state index contributed by atoms with van der Waals surface area (Å²) in [5.41, 5.74) is 6.15. The van der Waals surface area contributed by atoms with E-state index in [1.165, 1.54) is 6.34 Å². The van der Waals surface area contributed by atoms with Gasteiger partial charge in [-0.2, -0.15) is 0 Å². The van der Waals surface area contributed by atoms with Gasteiger partial charge in [-0.1, -0.05) is 41.5 Å². The van der Waals surface area contributed by atoms with E-state index in [0.717, 1.165) is 6.54 Å². The maximum absolute atomic E-state index is 7.15. The SMILES string of the molecule is CN(C)C[C@H]1O[C@@H](N2C=NC3C(N)=NC=NC32)[C@H](O[Si](C)(C)C(C)(C)C)[C@@H]1O[Si](C)(C)C(C)(C)C. The van der Waals surface area contributed by atoms with Gasteiger partial charge in [-0.05, 0) is 50.4 Å². The van der Waals surface area contributed by atoms with Gasteiger partial charge < -0.3 is 29.1 Å². The molecule has 3 rings (SSSR count). The molecular formula is C24H48N6O3Si2. The fourth-order valence-corrected chi connectivity index (χ4v) is 6.67. The predicted molar refractivity (Wildman–Crippen MR) is 149 cm³/mol. The zero-order valence-electron chi connectivity index (χ0n) is 23.9. The average Bonchev–Trinajstić information content (AvgIpc) is 3.23. The second-order valence-electron chi connectivity index (χ2n) is 13.4. The minimum atomic E-state index is -2.17. The average molecular weight is 525 g/mol. The Morgan fingerprint density at radius 2 is 1.51 bits per heavy atom. The number of nitrogens with two attached hydrogens (primary N) is 1. The number of ether oxygens (including phenoxy) is 1. The molecule has 0 aromatic heterocycles. The number of hydrogen-bond acceptors (Lipinski definition) is 9. The molecule has 2 N–H and O–H groups in total. The zero-order chi connectivity index (χ0) is 26.6. The molecule has 0 amide bonds. The van der Waals surface area contributed by atoms with Crippen molar-refractivity contribution in [2.24, 2.45) is 20.7 Å². The van der Waals surface area contributed by atoms with E-state index < -0.39 is 16.6 Å². The minimum absolute atomic E-state index is 0.0421. The molecule has 6 atom stereocenters. The van der Waals surface area contributed by atoms with Crippen LogP contribution in [-0.4, -0.2) is 102 Å². The Hall–Kier alpha value is -1.12. The monoisotopic (exact) mass is 524 g/mol. The number of nitrogens with zero attached hydrogens (tertiary/aromatic N) is 5. The van der Waals surface area contributed by atoms with E-state index in [0.29, 0.717) is 5.84 Å². The summed E-state index contributed by atoms with van der Waals surface area (Å²) in [5, 5.41) is 0.106. The highest BCUT2D eigenvalue weighted by molar-refractivity contribution is 6.74. The Balaban J connectivity index is 2.03. The van der Waals surface area contributed by atoms with Crippen molar-refractivity contribution in [3.05, 3.63) is 0 Å². The van der Waals surface area contributed by atoms with Gasteiger partial charge in [0.05, 0.1) is 6.34 Å². The largest absolute Gasteiger partial charge is 0.408 e. The molecule has 35 heavy (non-hydrogen) atoms. The fourth-order valence-electron chi connectivity index (χ4n) is 4.06. The van der Waals surface area contributed by atoms with Gasteiger partial charge in [0.25, 0.3) is 0 Å². The highest BCUT2D eigenvalue weighted by Crippen LogP contribution is 2.44. The Labute approximate surface area is 214 Å². The van der Waals surface area contributed by atoms with Crippen LogP contribution >= 0.6 is 0 Å². The summed E-state index contributed by atoms with van der Waals surface area (Å²) >= 11 is 0. The van der Waals surface area contributed by atoms with Crippen molar-refractivity contribution >= 4 is 35.1 Å². The van der Waals surface area contributed by atoms with Crippen LogP contribution in [0.5, 0.6) is 0 Å². The van der Waals surface area contributed by atoms with E-state index in [4.69, 9.17) is 19.3 Å². The van der Waals surface area contributed by atoms with E-state index in [9.17, 15) is 0 Å². The lowest BCUT2D eigenvalue weighted by Crippen LogP contribution is -2.58. The highest BCUT2D eigenvalue weighted by Gasteiger charge is 2.56. The normalized spacial score (nSPS) is 31.9. The molecule has 0 spiro atoms. The topological polar surface area (TPSA) is 97.3 Å². The molecule has 1 fully saturated rings.